The van der Waals surface area contributed by atoms with Crippen molar-refractivity contribution in [3.05, 3.63) is 58.4 Å². The molecule has 0 saturated heterocycles. The first-order valence-electron chi connectivity index (χ1n) is 8.20. The van der Waals surface area contributed by atoms with Crippen molar-refractivity contribution in [3.8, 4) is 0 Å². The first-order valence-corrected chi connectivity index (χ1v) is 10.7. The SMILES string of the molecule is Cc1ccc(S(=O)(=O)CCC(=O)N=c2sc3cccc(C)c3n2C)cc1. The van der Waals surface area contributed by atoms with Gasteiger partial charge >= 0.3 is 0 Å². The van der Waals surface area contributed by atoms with E-state index < -0.39 is 15.7 Å². The molecule has 26 heavy (non-hydrogen) atoms. The van der Waals surface area contributed by atoms with Crippen molar-refractivity contribution in [1.29, 1.82) is 0 Å². The molecule has 0 fully saturated rings. The van der Waals surface area contributed by atoms with Gasteiger partial charge in [-0.2, -0.15) is 4.99 Å². The first-order chi connectivity index (χ1) is 12.3. The lowest BCUT2D eigenvalue weighted by molar-refractivity contribution is -0.117. The van der Waals surface area contributed by atoms with Gasteiger partial charge in [-0.3, -0.25) is 4.79 Å². The standard InChI is InChI=1S/C19H20N2O3S2/c1-13-7-9-15(10-8-13)26(23,24)12-11-17(22)20-19-21(3)18-14(2)5-4-6-16(18)25-19/h4-10H,11-12H2,1-3H3. The zero-order valence-corrected chi connectivity index (χ0v) is 16.5. The Hall–Kier alpha value is -2.25. The minimum absolute atomic E-state index is 0.135. The van der Waals surface area contributed by atoms with Crippen LogP contribution in [0.15, 0.2) is 52.4 Å². The second-order valence-corrected chi connectivity index (χ2v) is 9.37. The Balaban J connectivity index is 1.81. The summed E-state index contributed by atoms with van der Waals surface area (Å²) >= 11 is 1.42. The molecule has 3 rings (SSSR count). The Morgan fingerprint density at radius 3 is 2.46 bits per heavy atom. The van der Waals surface area contributed by atoms with Crippen LogP contribution in [0.1, 0.15) is 17.5 Å². The van der Waals surface area contributed by atoms with Gasteiger partial charge in [0.25, 0.3) is 0 Å². The van der Waals surface area contributed by atoms with E-state index in [0.29, 0.717) is 4.80 Å². The maximum Gasteiger partial charge on any atom is 0.249 e. The van der Waals surface area contributed by atoms with Gasteiger partial charge in [0.15, 0.2) is 14.6 Å². The van der Waals surface area contributed by atoms with Crippen molar-refractivity contribution in [2.24, 2.45) is 12.0 Å². The van der Waals surface area contributed by atoms with Crippen molar-refractivity contribution in [2.75, 3.05) is 5.75 Å². The fourth-order valence-electron chi connectivity index (χ4n) is 2.75. The van der Waals surface area contributed by atoms with E-state index in [1.807, 2.05) is 43.7 Å². The van der Waals surface area contributed by atoms with Crippen LogP contribution < -0.4 is 4.80 Å². The van der Waals surface area contributed by atoms with Gasteiger partial charge in [0.1, 0.15) is 0 Å². The molecule has 0 bridgehead atoms. The fourth-order valence-corrected chi connectivity index (χ4v) is 5.10. The normalized spacial score (nSPS) is 12.7. The summed E-state index contributed by atoms with van der Waals surface area (Å²) in [6.45, 7) is 3.90. The summed E-state index contributed by atoms with van der Waals surface area (Å²) in [6.07, 6.45) is -0.135. The van der Waals surface area contributed by atoms with E-state index in [0.717, 1.165) is 21.3 Å². The summed E-state index contributed by atoms with van der Waals surface area (Å²) in [7, 11) is -1.63. The molecule has 2 aromatic carbocycles. The van der Waals surface area contributed by atoms with Crippen molar-refractivity contribution < 1.29 is 13.2 Å². The number of carbonyl (C=O) groups excluding carboxylic acids is 1. The van der Waals surface area contributed by atoms with Crippen molar-refractivity contribution in [1.82, 2.24) is 4.57 Å². The number of amides is 1. The summed E-state index contributed by atoms with van der Waals surface area (Å²) in [4.78, 5) is 17.2. The quantitative estimate of drug-likeness (QED) is 0.689. The number of carbonyl (C=O) groups is 1. The highest BCUT2D eigenvalue weighted by Gasteiger charge is 2.16. The van der Waals surface area contributed by atoms with Crippen LogP contribution in [0.5, 0.6) is 0 Å². The predicted octanol–water partition coefficient (Wildman–Crippen LogP) is 3.15. The third kappa shape index (κ3) is 3.78. The molecule has 0 unspecified atom stereocenters. The largest absolute Gasteiger partial charge is 0.319 e. The monoisotopic (exact) mass is 388 g/mol. The van der Waals surface area contributed by atoms with Gasteiger partial charge in [-0.05, 0) is 37.6 Å². The smallest absolute Gasteiger partial charge is 0.249 e. The molecule has 0 aliphatic rings. The Kier molecular flexibility index (Phi) is 5.11. The second kappa shape index (κ2) is 7.17. The average molecular weight is 389 g/mol. The maximum absolute atomic E-state index is 12.4. The molecular formula is C19H20N2O3S2. The van der Waals surface area contributed by atoms with E-state index in [-0.39, 0.29) is 17.1 Å². The van der Waals surface area contributed by atoms with E-state index in [2.05, 4.69) is 4.99 Å². The molecule has 3 aromatic rings. The van der Waals surface area contributed by atoms with Gasteiger partial charge in [0, 0.05) is 13.5 Å². The molecule has 0 radical (unpaired) electrons. The lowest BCUT2D eigenvalue weighted by atomic mass is 10.2. The Bertz CT molecular complexity index is 1140. The number of aromatic nitrogens is 1. The summed E-state index contributed by atoms with van der Waals surface area (Å²) in [6, 6.07) is 12.6. The molecule has 136 valence electrons. The van der Waals surface area contributed by atoms with Gasteiger partial charge in [0.05, 0.1) is 20.9 Å². The lowest BCUT2D eigenvalue weighted by Crippen LogP contribution is -2.16. The molecule has 1 amide bonds. The van der Waals surface area contributed by atoms with E-state index in [1.54, 1.807) is 24.3 Å². The number of fused-ring (bicyclic) bond motifs is 1. The van der Waals surface area contributed by atoms with Crippen LogP contribution in [0.2, 0.25) is 0 Å². The molecular weight excluding hydrogens is 368 g/mol. The summed E-state index contributed by atoms with van der Waals surface area (Å²) in [5.74, 6) is -0.674. The Labute approximate surface area is 156 Å². The molecule has 5 nitrogen and oxygen atoms in total. The van der Waals surface area contributed by atoms with Gasteiger partial charge < -0.3 is 4.57 Å². The van der Waals surface area contributed by atoms with Gasteiger partial charge in [-0.25, -0.2) is 8.42 Å². The third-order valence-electron chi connectivity index (χ3n) is 4.21. The predicted molar refractivity (Wildman–Crippen MR) is 104 cm³/mol. The van der Waals surface area contributed by atoms with Crippen molar-refractivity contribution in [3.63, 3.8) is 0 Å². The summed E-state index contributed by atoms with van der Waals surface area (Å²) < 4.78 is 27.6. The van der Waals surface area contributed by atoms with E-state index in [4.69, 9.17) is 0 Å². The molecule has 0 aliphatic carbocycles. The van der Waals surface area contributed by atoms with Crippen molar-refractivity contribution >= 4 is 37.3 Å². The van der Waals surface area contributed by atoms with E-state index >= 15 is 0 Å². The number of nitrogens with zero attached hydrogens (tertiary/aromatic N) is 2. The molecule has 0 spiro atoms. The fraction of sp³-hybridized carbons (Fsp3) is 0.263. The van der Waals surface area contributed by atoms with E-state index in [9.17, 15) is 13.2 Å². The molecule has 1 heterocycles. The van der Waals surface area contributed by atoms with Crippen LogP contribution >= 0.6 is 11.3 Å². The van der Waals surface area contributed by atoms with Gasteiger partial charge in [-0.1, -0.05) is 41.2 Å². The number of sulfone groups is 1. The number of rotatable bonds is 4. The highest BCUT2D eigenvalue weighted by atomic mass is 32.2. The number of hydrogen-bond donors (Lipinski definition) is 0. The number of para-hydroxylation sites is 1. The number of aryl methyl sites for hydroxylation is 3. The minimum Gasteiger partial charge on any atom is -0.319 e. The van der Waals surface area contributed by atoms with Crippen LogP contribution in [0.25, 0.3) is 10.2 Å². The molecule has 0 aliphatic heterocycles. The third-order valence-corrected chi connectivity index (χ3v) is 7.04. The summed E-state index contributed by atoms with van der Waals surface area (Å²) in [5.41, 5.74) is 3.14. The maximum atomic E-state index is 12.4. The van der Waals surface area contributed by atoms with Crippen LogP contribution in [0.4, 0.5) is 0 Å². The van der Waals surface area contributed by atoms with Crippen LogP contribution in [0, 0.1) is 13.8 Å². The van der Waals surface area contributed by atoms with Gasteiger partial charge in [0.2, 0.25) is 5.91 Å². The van der Waals surface area contributed by atoms with Crippen LogP contribution in [0.3, 0.4) is 0 Å². The van der Waals surface area contributed by atoms with E-state index in [1.165, 1.54) is 11.3 Å². The molecule has 0 saturated carbocycles. The average Bonchev–Trinajstić information content (AvgIpc) is 2.91. The number of benzene rings is 2. The topological polar surface area (TPSA) is 68.5 Å². The van der Waals surface area contributed by atoms with Gasteiger partial charge in [-0.15, -0.1) is 0 Å². The van der Waals surface area contributed by atoms with Crippen molar-refractivity contribution in [2.45, 2.75) is 25.2 Å². The van der Waals surface area contributed by atoms with Crippen LogP contribution in [-0.4, -0.2) is 24.6 Å². The Morgan fingerprint density at radius 2 is 1.81 bits per heavy atom. The zero-order valence-electron chi connectivity index (χ0n) is 14.9. The highest BCUT2D eigenvalue weighted by Crippen LogP contribution is 2.20. The summed E-state index contributed by atoms with van der Waals surface area (Å²) in [5, 5.41) is 0. The first kappa shape index (κ1) is 18.5. The highest BCUT2D eigenvalue weighted by molar-refractivity contribution is 7.91. The number of hydrogen-bond acceptors (Lipinski definition) is 4. The number of thiazole rings is 1. The van der Waals surface area contributed by atoms with Crippen LogP contribution in [-0.2, 0) is 21.7 Å². The second-order valence-electron chi connectivity index (χ2n) is 6.25. The molecule has 7 heteroatoms. The lowest BCUT2D eigenvalue weighted by Gasteiger charge is -2.03. The molecule has 1 aromatic heterocycles. The Morgan fingerprint density at radius 1 is 1.12 bits per heavy atom. The molecule has 0 atom stereocenters. The minimum atomic E-state index is -3.49. The molecule has 0 N–H and O–H groups in total. The zero-order chi connectivity index (χ0) is 18.9.